The molecule has 3 nitrogen and oxygen atoms in total. The quantitative estimate of drug-likeness (QED) is 0.733. The molecule has 0 radical (unpaired) electrons. The fraction of sp³-hybridized carbons (Fsp3) is 0.435. The van der Waals surface area contributed by atoms with E-state index in [0.29, 0.717) is 13.0 Å². The Bertz CT molecular complexity index is 732. The monoisotopic (exact) mass is 353 g/mol. The normalized spacial score (nSPS) is 11.9. The van der Waals surface area contributed by atoms with Crippen molar-refractivity contribution in [2.24, 2.45) is 0 Å². The first-order chi connectivity index (χ1) is 12.5. The van der Waals surface area contributed by atoms with Crippen molar-refractivity contribution < 1.29 is 9.53 Å². The molecule has 0 spiro atoms. The minimum absolute atomic E-state index is 0.0596. The first-order valence-corrected chi connectivity index (χ1v) is 9.60. The van der Waals surface area contributed by atoms with Crippen molar-refractivity contribution in [3.8, 4) is 5.75 Å². The molecule has 140 valence electrons. The smallest absolute Gasteiger partial charge is 0.261 e. The highest BCUT2D eigenvalue weighted by Gasteiger charge is 2.18. The summed E-state index contributed by atoms with van der Waals surface area (Å²) in [6.07, 6.45) is 2.12. The van der Waals surface area contributed by atoms with Gasteiger partial charge in [-0.15, -0.1) is 0 Å². The molecule has 3 heteroatoms. The molecule has 2 rings (SSSR count). The number of nitrogens with one attached hydrogen (secondary N) is 1. The third-order valence-electron chi connectivity index (χ3n) is 4.65. The Balaban J connectivity index is 2.05. The number of amides is 1. The maximum Gasteiger partial charge on any atom is 0.261 e. The molecule has 1 unspecified atom stereocenters. The summed E-state index contributed by atoms with van der Waals surface area (Å²) in [7, 11) is 0. The van der Waals surface area contributed by atoms with E-state index < -0.39 is 6.10 Å². The molecule has 0 aromatic heterocycles. The summed E-state index contributed by atoms with van der Waals surface area (Å²) in [5.74, 6) is 0.697. The second kappa shape index (κ2) is 9.42. The highest BCUT2D eigenvalue weighted by Crippen LogP contribution is 2.19. The maximum absolute atomic E-state index is 12.6. The van der Waals surface area contributed by atoms with Gasteiger partial charge in [0.15, 0.2) is 6.10 Å². The highest BCUT2D eigenvalue weighted by atomic mass is 16.5. The van der Waals surface area contributed by atoms with Gasteiger partial charge in [0.2, 0.25) is 0 Å². The predicted octanol–water partition coefficient (Wildman–Crippen LogP) is 4.90. The summed E-state index contributed by atoms with van der Waals surface area (Å²) in [6.45, 7) is 10.9. The molecule has 2 aromatic rings. The van der Waals surface area contributed by atoms with Crippen LogP contribution in [0.5, 0.6) is 5.75 Å². The Hall–Kier alpha value is -2.29. The van der Waals surface area contributed by atoms with Gasteiger partial charge in [-0.25, -0.2) is 0 Å². The average Bonchev–Trinajstić information content (AvgIpc) is 2.63. The summed E-state index contributed by atoms with van der Waals surface area (Å²) in [5.41, 5.74) is 6.05. The highest BCUT2D eigenvalue weighted by molar-refractivity contribution is 5.81. The van der Waals surface area contributed by atoms with Crippen molar-refractivity contribution in [2.75, 3.05) is 0 Å². The van der Waals surface area contributed by atoms with Crippen LogP contribution in [0.15, 0.2) is 36.4 Å². The van der Waals surface area contributed by atoms with E-state index in [1.807, 2.05) is 32.9 Å². The first-order valence-electron chi connectivity index (χ1n) is 9.60. The van der Waals surface area contributed by atoms with Crippen molar-refractivity contribution in [1.29, 1.82) is 0 Å². The van der Waals surface area contributed by atoms with Gasteiger partial charge in [-0.1, -0.05) is 45.0 Å². The van der Waals surface area contributed by atoms with E-state index in [9.17, 15) is 4.79 Å². The number of benzene rings is 2. The third-order valence-corrected chi connectivity index (χ3v) is 4.65. The molecule has 2 aromatic carbocycles. The van der Waals surface area contributed by atoms with Gasteiger partial charge in [0.25, 0.3) is 5.91 Å². The minimum atomic E-state index is -0.476. The molecule has 0 saturated carbocycles. The lowest BCUT2D eigenvalue weighted by Gasteiger charge is -2.19. The molecule has 1 atom stereocenters. The van der Waals surface area contributed by atoms with Crippen LogP contribution >= 0.6 is 0 Å². The van der Waals surface area contributed by atoms with Crippen LogP contribution in [0.1, 0.15) is 55.0 Å². The van der Waals surface area contributed by atoms with Crippen molar-refractivity contribution in [3.63, 3.8) is 0 Å². The Morgan fingerprint density at radius 2 is 1.65 bits per heavy atom. The lowest BCUT2D eigenvalue weighted by atomic mass is 10.0. The third kappa shape index (κ3) is 5.35. The molecule has 0 bridgehead atoms. The lowest BCUT2D eigenvalue weighted by molar-refractivity contribution is -0.128. The van der Waals surface area contributed by atoms with Crippen molar-refractivity contribution in [3.05, 3.63) is 64.2 Å². The Kier molecular flexibility index (Phi) is 7.26. The van der Waals surface area contributed by atoms with Gasteiger partial charge in [0, 0.05) is 6.54 Å². The fourth-order valence-electron chi connectivity index (χ4n) is 3.19. The Morgan fingerprint density at radius 3 is 2.23 bits per heavy atom. The SMILES string of the molecule is CCc1ccc(CC)c(CNC(=O)C(CC)Oc2cc(C)cc(C)c2)c1. The molecule has 0 aliphatic rings. The average molecular weight is 354 g/mol. The van der Waals surface area contributed by atoms with E-state index in [-0.39, 0.29) is 5.91 Å². The molecule has 26 heavy (non-hydrogen) atoms. The second-order valence-electron chi connectivity index (χ2n) is 6.87. The zero-order chi connectivity index (χ0) is 19.1. The largest absolute Gasteiger partial charge is 0.481 e. The van der Waals surface area contributed by atoms with E-state index in [2.05, 4.69) is 43.4 Å². The van der Waals surface area contributed by atoms with Crippen LogP contribution in [0, 0.1) is 13.8 Å². The van der Waals surface area contributed by atoms with Gasteiger partial charge >= 0.3 is 0 Å². The molecule has 0 fully saturated rings. The molecule has 1 amide bonds. The summed E-state index contributed by atoms with van der Waals surface area (Å²) in [6, 6.07) is 12.6. The first kappa shape index (κ1) is 20.0. The molecular formula is C23H31NO2. The van der Waals surface area contributed by atoms with Gasteiger partial charge in [0.05, 0.1) is 0 Å². The molecule has 0 aliphatic carbocycles. The van der Waals surface area contributed by atoms with Crippen molar-refractivity contribution in [2.45, 2.75) is 66.5 Å². The van der Waals surface area contributed by atoms with Gasteiger partial charge in [-0.3, -0.25) is 4.79 Å². The predicted molar refractivity (Wildman–Crippen MR) is 108 cm³/mol. The molecular weight excluding hydrogens is 322 g/mol. The number of aryl methyl sites for hydroxylation is 4. The van der Waals surface area contributed by atoms with Crippen molar-refractivity contribution in [1.82, 2.24) is 5.32 Å². The second-order valence-corrected chi connectivity index (χ2v) is 6.87. The molecule has 0 saturated heterocycles. The van der Waals surface area contributed by atoms with Gasteiger partial charge in [-0.2, -0.15) is 0 Å². The van der Waals surface area contributed by atoms with Crippen LogP contribution in [0.25, 0.3) is 0 Å². The number of ether oxygens (including phenoxy) is 1. The van der Waals surface area contributed by atoms with Crippen LogP contribution in [-0.4, -0.2) is 12.0 Å². The number of carbonyl (C=O) groups is 1. The molecule has 0 heterocycles. The summed E-state index contributed by atoms with van der Waals surface area (Å²) in [5, 5.41) is 3.06. The number of hydrogen-bond acceptors (Lipinski definition) is 2. The number of carbonyl (C=O) groups excluding carboxylic acids is 1. The van der Waals surface area contributed by atoms with E-state index in [0.717, 1.165) is 29.7 Å². The van der Waals surface area contributed by atoms with Gasteiger partial charge < -0.3 is 10.1 Å². The van der Waals surface area contributed by atoms with Crippen LogP contribution in [0.4, 0.5) is 0 Å². The topological polar surface area (TPSA) is 38.3 Å². The van der Waals surface area contributed by atoms with Crippen LogP contribution in [-0.2, 0) is 24.2 Å². The number of rotatable bonds is 8. The summed E-state index contributed by atoms with van der Waals surface area (Å²) >= 11 is 0. The Labute approximate surface area is 157 Å². The van der Waals surface area contributed by atoms with E-state index in [1.54, 1.807) is 0 Å². The van der Waals surface area contributed by atoms with Crippen LogP contribution in [0.3, 0.4) is 0 Å². The standard InChI is InChI=1S/C23H31NO2/c1-6-18-9-10-19(7-2)20(14-18)15-24-23(25)22(8-3)26-21-12-16(4)11-17(5)13-21/h9-14,22H,6-8,15H2,1-5H3,(H,24,25). The van der Waals surface area contributed by atoms with Crippen LogP contribution < -0.4 is 10.1 Å². The Morgan fingerprint density at radius 1 is 0.962 bits per heavy atom. The van der Waals surface area contributed by atoms with Gasteiger partial charge in [-0.05, 0) is 73.1 Å². The molecule has 1 N–H and O–H groups in total. The zero-order valence-corrected chi connectivity index (χ0v) is 16.7. The molecule has 0 aliphatic heterocycles. The van der Waals surface area contributed by atoms with E-state index in [1.165, 1.54) is 16.7 Å². The summed E-state index contributed by atoms with van der Waals surface area (Å²) in [4.78, 5) is 12.6. The number of hydrogen-bond donors (Lipinski definition) is 1. The summed E-state index contributed by atoms with van der Waals surface area (Å²) < 4.78 is 5.96. The lowest BCUT2D eigenvalue weighted by Crippen LogP contribution is -2.37. The van der Waals surface area contributed by atoms with Gasteiger partial charge in [0.1, 0.15) is 5.75 Å². The van der Waals surface area contributed by atoms with E-state index in [4.69, 9.17) is 4.74 Å². The van der Waals surface area contributed by atoms with E-state index >= 15 is 0 Å². The fourth-order valence-corrected chi connectivity index (χ4v) is 3.19. The minimum Gasteiger partial charge on any atom is -0.481 e. The zero-order valence-electron chi connectivity index (χ0n) is 16.7. The van der Waals surface area contributed by atoms with Crippen molar-refractivity contribution >= 4 is 5.91 Å². The van der Waals surface area contributed by atoms with Crippen LogP contribution in [0.2, 0.25) is 0 Å². The maximum atomic E-state index is 12.6.